The lowest BCUT2D eigenvalue weighted by molar-refractivity contribution is 0.0582. The lowest BCUT2D eigenvalue weighted by Crippen LogP contribution is -2.67. The van der Waals surface area contributed by atoms with Crippen LogP contribution in [0, 0.1) is 0 Å². The van der Waals surface area contributed by atoms with Crippen LogP contribution in [0.25, 0.3) is 22.4 Å². The summed E-state index contributed by atoms with van der Waals surface area (Å²) in [5, 5.41) is 30.5. The van der Waals surface area contributed by atoms with Crippen molar-refractivity contribution in [3.63, 3.8) is 0 Å². The Morgan fingerprint density at radius 2 is 2.06 bits per heavy atom. The molecule has 36 heavy (non-hydrogen) atoms. The van der Waals surface area contributed by atoms with Crippen LogP contribution in [0.15, 0.2) is 36.7 Å². The molecular weight excluding hydrogens is 461 g/mol. The number of aromatic nitrogens is 5. The quantitative estimate of drug-likeness (QED) is 0.530. The molecule has 3 aliphatic rings. The van der Waals surface area contributed by atoms with Gasteiger partial charge in [-0.05, 0) is 63.1 Å². The molecule has 0 unspecified atom stereocenters. The van der Waals surface area contributed by atoms with Crippen LogP contribution in [-0.4, -0.2) is 67.4 Å². The Morgan fingerprint density at radius 3 is 2.81 bits per heavy atom. The zero-order valence-electron chi connectivity index (χ0n) is 22.9. The van der Waals surface area contributed by atoms with Gasteiger partial charge in [0, 0.05) is 34.8 Å². The molecule has 3 fully saturated rings. The average Bonchev–Trinajstić information content (AvgIpc) is 3.72. The Bertz CT molecular complexity index is 1360. The van der Waals surface area contributed by atoms with Crippen LogP contribution in [0.2, 0.25) is 0 Å². The minimum absolute atomic E-state index is 0.0616. The maximum Gasteiger partial charge on any atom is 0.245 e. The molecule has 1 saturated carbocycles. The van der Waals surface area contributed by atoms with Crippen LogP contribution < -0.4 is 15.0 Å². The number of phenols is 1. The Hall–Kier alpha value is -3.40. The van der Waals surface area contributed by atoms with Gasteiger partial charge in [0.2, 0.25) is 11.8 Å². The lowest BCUT2D eigenvalue weighted by Gasteiger charge is -2.52. The summed E-state index contributed by atoms with van der Waals surface area (Å²) in [7, 11) is -2.65. The monoisotopic (exact) mass is 494 g/mol. The summed E-state index contributed by atoms with van der Waals surface area (Å²) in [5.41, 5.74) is 1.82. The first-order valence-electron chi connectivity index (χ1n) is 13.8. The number of rotatable bonds is 6. The molecule has 10 heteroatoms. The highest BCUT2D eigenvalue weighted by Gasteiger charge is 2.50. The summed E-state index contributed by atoms with van der Waals surface area (Å²) < 4.78 is 42.2. The van der Waals surface area contributed by atoms with E-state index in [9.17, 15) is 5.11 Å². The number of piperidine rings is 2. The molecule has 3 aromatic rings. The van der Waals surface area contributed by atoms with E-state index in [0.717, 1.165) is 32.1 Å². The molecule has 2 aromatic heterocycles. The van der Waals surface area contributed by atoms with Crippen LogP contribution in [0.1, 0.15) is 49.6 Å². The summed E-state index contributed by atoms with van der Waals surface area (Å²) in [6.45, 7) is 2.18. The lowest BCUT2D eigenvalue weighted by atomic mass is 9.74. The van der Waals surface area contributed by atoms with Crippen molar-refractivity contribution in [1.82, 2.24) is 30.7 Å². The molecule has 2 aliphatic heterocycles. The van der Waals surface area contributed by atoms with Crippen LogP contribution >= 0.6 is 0 Å². The van der Waals surface area contributed by atoms with E-state index in [0.29, 0.717) is 34.8 Å². The number of benzene rings is 1. The topological polar surface area (TPSA) is 109 Å². The van der Waals surface area contributed by atoms with Gasteiger partial charge in [-0.3, -0.25) is 0 Å². The van der Waals surface area contributed by atoms with E-state index in [2.05, 4.69) is 37.6 Å². The maximum atomic E-state index is 15.6. The molecule has 4 heterocycles. The molecular formula is C26H30FN7O2. The molecule has 2 saturated heterocycles. The van der Waals surface area contributed by atoms with Crippen molar-refractivity contribution in [2.75, 3.05) is 11.9 Å². The fraction of sp³-hybridized carbons (Fsp3) is 0.500. The fourth-order valence-corrected chi connectivity index (χ4v) is 5.73. The number of methoxy groups -OCH3 is 1. The molecule has 4 atom stereocenters. The highest BCUT2D eigenvalue weighted by Crippen LogP contribution is 2.42. The largest absolute Gasteiger partial charge is 0.507 e. The average molecular weight is 495 g/mol. The van der Waals surface area contributed by atoms with E-state index in [1.807, 2.05) is 4.90 Å². The number of alkyl halides is 1. The second kappa shape index (κ2) is 8.92. The number of aromatic hydroxyl groups is 1. The van der Waals surface area contributed by atoms with E-state index >= 15 is 4.39 Å². The third-order valence-corrected chi connectivity index (χ3v) is 7.61. The zero-order chi connectivity index (χ0) is 27.4. The van der Waals surface area contributed by atoms with Crippen molar-refractivity contribution in [3.8, 4) is 34.0 Å². The predicted molar refractivity (Wildman–Crippen MR) is 132 cm³/mol. The van der Waals surface area contributed by atoms with Crippen molar-refractivity contribution < 1.29 is 18.3 Å². The molecule has 6 rings (SSSR count). The maximum absolute atomic E-state index is 15.6. The minimum Gasteiger partial charge on any atom is -0.507 e. The number of ether oxygens (including phenoxy) is 1. The van der Waals surface area contributed by atoms with Crippen molar-refractivity contribution in [2.24, 2.45) is 0 Å². The SMILES string of the molecule is [2H]C([2H])([2H])Oc1cc(-c2ccc(-c3cnc(N(C4CC4)[C@H]4C[C@]5(C)CCC[C@H](N5)[C@H]4F)nn3)c(O)c2)cnn1. The molecule has 0 radical (unpaired) electrons. The van der Waals surface area contributed by atoms with Crippen molar-refractivity contribution >= 4 is 5.95 Å². The Morgan fingerprint density at radius 1 is 1.17 bits per heavy atom. The Kier molecular flexibility index (Phi) is 4.89. The number of hydrogen-bond acceptors (Lipinski definition) is 9. The zero-order valence-corrected chi connectivity index (χ0v) is 19.9. The van der Waals surface area contributed by atoms with E-state index in [1.54, 1.807) is 18.3 Å². The normalized spacial score (nSPS) is 29.1. The van der Waals surface area contributed by atoms with Crippen molar-refractivity contribution in [3.05, 3.63) is 36.7 Å². The molecule has 9 nitrogen and oxygen atoms in total. The number of halogens is 1. The van der Waals surface area contributed by atoms with E-state index in [-0.39, 0.29) is 35.3 Å². The van der Waals surface area contributed by atoms with Gasteiger partial charge in [0.05, 0.1) is 29.6 Å². The van der Waals surface area contributed by atoms with Gasteiger partial charge in [0.25, 0.3) is 0 Å². The number of nitrogens with one attached hydrogen (secondary N) is 1. The smallest absolute Gasteiger partial charge is 0.245 e. The van der Waals surface area contributed by atoms with Crippen LogP contribution in [0.5, 0.6) is 11.6 Å². The minimum atomic E-state index is -2.65. The van der Waals surface area contributed by atoms with Gasteiger partial charge in [-0.1, -0.05) is 6.07 Å². The number of anilines is 1. The van der Waals surface area contributed by atoms with E-state index < -0.39 is 13.2 Å². The molecule has 188 valence electrons. The summed E-state index contributed by atoms with van der Waals surface area (Å²) in [6, 6.07) is 6.11. The highest BCUT2D eigenvalue weighted by atomic mass is 19.1. The first kappa shape index (κ1) is 19.7. The van der Waals surface area contributed by atoms with Crippen LogP contribution in [-0.2, 0) is 0 Å². The second-order valence-corrected chi connectivity index (χ2v) is 10.3. The molecule has 2 N–H and O–H groups in total. The van der Waals surface area contributed by atoms with Gasteiger partial charge in [0.1, 0.15) is 17.6 Å². The van der Waals surface area contributed by atoms with Gasteiger partial charge >= 0.3 is 0 Å². The summed E-state index contributed by atoms with van der Waals surface area (Å²) >= 11 is 0. The standard InChI is InChI=1S/C26H30FN7O2/c1-26-9-3-4-19(30-26)24(27)21(12-26)34(17-6-7-17)25-28-14-20(31-33-25)18-8-5-15(10-22(18)35)16-11-23(36-2)32-29-13-16/h5,8,10-11,13-14,17,19,21,24,30,35H,3-4,6-7,9,12H2,1-2H3/t19-,21-,24+,26-/m0/s1/i2D3. The van der Waals surface area contributed by atoms with Gasteiger partial charge in [0.15, 0.2) is 0 Å². The van der Waals surface area contributed by atoms with Gasteiger partial charge < -0.3 is 20.1 Å². The predicted octanol–water partition coefficient (Wildman–Crippen LogP) is 3.69. The first-order chi connectivity index (χ1) is 18.6. The van der Waals surface area contributed by atoms with Crippen molar-refractivity contribution in [2.45, 2.75) is 75.3 Å². The summed E-state index contributed by atoms with van der Waals surface area (Å²) in [4.78, 5) is 6.62. The highest BCUT2D eigenvalue weighted by molar-refractivity contribution is 5.74. The van der Waals surface area contributed by atoms with E-state index in [1.165, 1.54) is 18.3 Å². The molecule has 0 spiro atoms. The van der Waals surface area contributed by atoms with Crippen molar-refractivity contribution in [1.29, 1.82) is 0 Å². The molecule has 1 aliphatic carbocycles. The van der Waals surface area contributed by atoms with E-state index in [4.69, 9.17) is 8.85 Å². The van der Waals surface area contributed by atoms with Crippen LogP contribution in [0.4, 0.5) is 10.3 Å². The van der Waals surface area contributed by atoms with Gasteiger partial charge in [-0.25, -0.2) is 9.37 Å². The van der Waals surface area contributed by atoms with Crippen LogP contribution in [0.3, 0.4) is 0 Å². The van der Waals surface area contributed by atoms with Gasteiger partial charge in [-0.2, -0.15) is 5.10 Å². The Balaban J connectivity index is 1.24. The number of fused-ring (bicyclic) bond motifs is 2. The number of phenolic OH excluding ortho intramolecular Hbond substituents is 1. The second-order valence-electron chi connectivity index (χ2n) is 10.3. The molecule has 0 amide bonds. The fourth-order valence-electron chi connectivity index (χ4n) is 5.73. The van der Waals surface area contributed by atoms with Gasteiger partial charge in [-0.15, -0.1) is 15.3 Å². The number of nitrogens with zero attached hydrogens (tertiary/aromatic N) is 6. The Labute approximate surface area is 213 Å². The summed E-state index contributed by atoms with van der Waals surface area (Å²) in [5.74, 6) is 0.204. The molecule has 2 bridgehead atoms. The number of hydrogen-bond donors (Lipinski definition) is 2. The summed E-state index contributed by atoms with van der Waals surface area (Å²) in [6.07, 6.45) is 7.54. The first-order valence-corrected chi connectivity index (χ1v) is 12.3. The third-order valence-electron chi connectivity index (χ3n) is 7.61. The third kappa shape index (κ3) is 4.23. The molecule has 1 aromatic carbocycles.